The van der Waals surface area contributed by atoms with E-state index >= 15 is 0 Å². The molecule has 0 unspecified atom stereocenters. The highest BCUT2D eigenvalue weighted by Gasteiger charge is 2.57. The van der Waals surface area contributed by atoms with Crippen molar-refractivity contribution >= 4 is 35.3 Å². The summed E-state index contributed by atoms with van der Waals surface area (Å²) in [6.07, 6.45) is 0.274. The Kier molecular flexibility index (Phi) is 6.57. The number of aromatic nitrogens is 4. The molecule has 2 aliphatic rings. The SMILES string of the molecule is CC1(C)O[C@@H]2[C@H](O1)[C@@H](CO[Si](C)(C)C(C)(C)C)O[C@H]2n1nc(COS(C)(=O)=O)c2c(N)ncnc21. The Morgan fingerprint density at radius 2 is 1.86 bits per heavy atom. The molecule has 0 aromatic carbocycles. The molecule has 2 aliphatic heterocycles. The van der Waals surface area contributed by atoms with Gasteiger partial charge in [0.05, 0.1) is 18.2 Å². The lowest BCUT2D eigenvalue weighted by atomic mass is 10.1. The first-order valence-electron chi connectivity index (χ1n) is 11.5. The predicted octanol–water partition coefficient (Wildman–Crippen LogP) is 2.32. The highest BCUT2D eigenvalue weighted by atomic mass is 32.2. The van der Waals surface area contributed by atoms with E-state index in [4.69, 9.17) is 28.6 Å². The van der Waals surface area contributed by atoms with Crippen LogP contribution in [0.5, 0.6) is 0 Å². The van der Waals surface area contributed by atoms with Crippen LogP contribution in [0.4, 0.5) is 5.82 Å². The van der Waals surface area contributed by atoms with Crippen molar-refractivity contribution in [2.24, 2.45) is 0 Å². The van der Waals surface area contributed by atoms with Gasteiger partial charge in [-0.3, -0.25) is 4.18 Å². The molecule has 0 radical (unpaired) electrons. The average molecular weight is 530 g/mol. The zero-order chi connectivity index (χ0) is 26.0. The zero-order valence-electron chi connectivity index (χ0n) is 21.4. The van der Waals surface area contributed by atoms with E-state index in [1.54, 1.807) is 4.68 Å². The second kappa shape index (κ2) is 8.71. The molecule has 35 heavy (non-hydrogen) atoms. The number of rotatable bonds is 7. The molecular formula is C21H35N5O7SSi. The summed E-state index contributed by atoms with van der Waals surface area (Å²) in [6, 6.07) is 0. The Hall–Kier alpha value is -1.68. The van der Waals surface area contributed by atoms with Gasteiger partial charge in [-0.15, -0.1) is 0 Å². The molecule has 0 saturated carbocycles. The molecule has 2 aromatic rings. The van der Waals surface area contributed by atoms with Gasteiger partial charge in [0.15, 0.2) is 26.0 Å². The summed E-state index contributed by atoms with van der Waals surface area (Å²) in [5.41, 5.74) is 6.76. The van der Waals surface area contributed by atoms with Gasteiger partial charge < -0.3 is 24.4 Å². The molecule has 4 rings (SSSR count). The molecular weight excluding hydrogens is 494 g/mol. The van der Waals surface area contributed by atoms with Crippen LogP contribution in [-0.4, -0.2) is 73.4 Å². The molecule has 0 aliphatic carbocycles. The first kappa shape index (κ1) is 26.4. The predicted molar refractivity (Wildman–Crippen MR) is 130 cm³/mol. The molecule has 4 atom stereocenters. The largest absolute Gasteiger partial charge is 0.414 e. The van der Waals surface area contributed by atoms with Crippen molar-refractivity contribution in [3.8, 4) is 0 Å². The number of hydrogen-bond acceptors (Lipinski definition) is 11. The Balaban J connectivity index is 1.69. The normalized spacial score (nSPS) is 27.0. The van der Waals surface area contributed by atoms with Crippen LogP contribution >= 0.6 is 0 Å². The molecule has 12 nitrogen and oxygen atoms in total. The van der Waals surface area contributed by atoms with Crippen LogP contribution < -0.4 is 5.73 Å². The summed E-state index contributed by atoms with van der Waals surface area (Å²) in [6.45, 7) is 14.6. The smallest absolute Gasteiger partial charge is 0.264 e. The minimum absolute atomic E-state index is 0.0395. The van der Waals surface area contributed by atoms with Crippen molar-refractivity contribution in [3.05, 3.63) is 12.0 Å². The van der Waals surface area contributed by atoms with Gasteiger partial charge in [-0.1, -0.05) is 20.8 Å². The number of anilines is 1. The first-order valence-corrected chi connectivity index (χ1v) is 16.2. The second-order valence-corrected chi connectivity index (χ2v) is 17.5. The third-order valence-corrected chi connectivity index (χ3v) is 11.8. The van der Waals surface area contributed by atoms with Crippen LogP contribution in [0, 0.1) is 0 Å². The molecule has 0 bridgehead atoms. The van der Waals surface area contributed by atoms with E-state index in [2.05, 4.69) is 48.9 Å². The summed E-state index contributed by atoms with van der Waals surface area (Å²) in [7, 11) is -5.74. The summed E-state index contributed by atoms with van der Waals surface area (Å²) < 4.78 is 55.0. The quantitative estimate of drug-likeness (QED) is 0.416. The Morgan fingerprint density at radius 3 is 2.49 bits per heavy atom. The maximum atomic E-state index is 11.6. The Labute approximate surface area is 206 Å². The van der Waals surface area contributed by atoms with Crippen molar-refractivity contribution in [1.29, 1.82) is 0 Å². The minimum atomic E-state index is -3.70. The highest BCUT2D eigenvalue weighted by Crippen LogP contribution is 2.45. The highest BCUT2D eigenvalue weighted by molar-refractivity contribution is 7.85. The van der Waals surface area contributed by atoms with Crippen LogP contribution in [-0.2, 0) is 39.5 Å². The van der Waals surface area contributed by atoms with E-state index in [-0.39, 0.29) is 23.2 Å². The van der Waals surface area contributed by atoms with Crippen LogP contribution in [0.1, 0.15) is 46.5 Å². The molecule has 196 valence electrons. The Morgan fingerprint density at radius 1 is 1.20 bits per heavy atom. The second-order valence-electron chi connectivity index (χ2n) is 11.0. The monoisotopic (exact) mass is 529 g/mol. The van der Waals surface area contributed by atoms with Gasteiger partial charge in [0.2, 0.25) is 0 Å². The van der Waals surface area contributed by atoms with Crippen LogP contribution in [0.3, 0.4) is 0 Å². The Bertz CT molecular complexity index is 1210. The molecule has 2 N–H and O–H groups in total. The fourth-order valence-electron chi connectivity index (χ4n) is 4.01. The summed E-state index contributed by atoms with van der Waals surface area (Å²) in [5, 5.41) is 5.02. The fraction of sp³-hybridized carbons (Fsp3) is 0.762. The first-order chi connectivity index (χ1) is 16.0. The van der Waals surface area contributed by atoms with Crippen LogP contribution in [0.15, 0.2) is 6.33 Å². The molecule has 0 amide bonds. The number of ether oxygens (including phenoxy) is 3. The number of hydrogen-bond donors (Lipinski definition) is 1. The molecule has 4 heterocycles. The lowest BCUT2D eigenvalue weighted by Crippen LogP contribution is -2.44. The van der Waals surface area contributed by atoms with E-state index in [0.29, 0.717) is 17.6 Å². The average Bonchev–Trinajstić information content (AvgIpc) is 3.32. The topological polar surface area (TPSA) is 150 Å². The van der Waals surface area contributed by atoms with Gasteiger partial charge in [-0.2, -0.15) is 13.5 Å². The third kappa shape index (κ3) is 5.24. The van der Waals surface area contributed by atoms with Crippen LogP contribution in [0.2, 0.25) is 18.1 Å². The van der Waals surface area contributed by atoms with E-state index in [0.717, 1.165) is 6.26 Å². The lowest BCUT2D eigenvalue weighted by molar-refractivity contribution is -0.200. The van der Waals surface area contributed by atoms with E-state index < -0.39 is 48.8 Å². The van der Waals surface area contributed by atoms with Gasteiger partial charge in [-0.05, 0) is 32.0 Å². The number of nitrogens with two attached hydrogens (primary N) is 1. The number of nitrogen functional groups attached to an aromatic ring is 1. The standard InChI is InChI=1S/C21H35N5O7SSi/c1-20(2,3)35(7,8)30-10-13-15-16(33-21(4,5)32-15)19(31-13)26-18-14(17(22)23-11-24-18)12(25-26)9-29-34(6,27)28/h11,13,15-16,19H,9-10H2,1-8H3,(H2,22,23,24)/t13-,15-,16-,19-/m1/s1. The molecule has 2 aromatic heterocycles. The molecule has 2 saturated heterocycles. The van der Waals surface area contributed by atoms with Gasteiger partial charge >= 0.3 is 0 Å². The number of fused-ring (bicyclic) bond motifs is 2. The van der Waals surface area contributed by atoms with Crippen molar-refractivity contribution in [2.75, 3.05) is 18.6 Å². The molecule has 14 heteroatoms. The van der Waals surface area contributed by atoms with Crippen LogP contribution in [0.25, 0.3) is 11.0 Å². The number of nitrogens with zero attached hydrogens (tertiary/aromatic N) is 4. The van der Waals surface area contributed by atoms with Gasteiger partial charge in [0.1, 0.15) is 42.8 Å². The molecule has 0 spiro atoms. The minimum Gasteiger partial charge on any atom is -0.414 e. The van der Waals surface area contributed by atoms with Gasteiger partial charge in [0.25, 0.3) is 10.1 Å². The molecule has 2 fully saturated rings. The van der Waals surface area contributed by atoms with Gasteiger partial charge in [0, 0.05) is 0 Å². The zero-order valence-corrected chi connectivity index (χ0v) is 23.2. The van der Waals surface area contributed by atoms with Crippen molar-refractivity contribution in [2.45, 2.75) is 89.7 Å². The summed E-state index contributed by atoms with van der Waals surface area (Å²) >= 11 is 0. The van der Waals surface area contributed by atoms with E-state index in [9.17, 15) is 8.42 Å². The maximum Gasteiger partial charge on any atom is 0.264 e. The fourth-order valence-corrected chi connectivity index (χ4v) is 5.35. The van der Waals surface area contributed by atoms with Crippen molar-refractivity contribution in [3.63, 3.8) is 0 Å². The summed E-state index contributed by atoms with van der Waals surface area (Å²) in [4.78, 5) is 8.38. The van der Waals surface area contributed by atoms with Crippen molar-refractivity contribution < 1.29 is 31.2 Å². The van der Waals surface area contributed by atoms with E-state index in [1.807, 2.05) is 13.8 Å². The lowest BCUT2D eigenvalue weighted by Gasteiger charge is -2.37. The van der Waals surface area contributed by atoms with Gasteiger partial charge in [-0.25, -0.2) is 14.6 Å². The van der Waals surface area contributed by atoms with E-state index in [1.165, 1.54) is 6.33 Å². The van der Waals surface area contributed by atoms with Crippen molar-refractivity contribution in [1.82, 2.24) is 19.7 Å². The third-order valence-electron chi connectivity index (χ3n) is 6.78. The maximum absolute atomic E-state index is 11.6. The summed E-state index contributed by atoms with van der Waals surface area (Å²) in [5.74, 6) is -0.671.